The fourth-order valence-electron chi connectivity index (χ4n) is 1.93. The molecule has 0 bridgehead atoms. The number of fused-ring (bicyclic) bond motifs is 1. The number of hydrogen-bond donors (Lipinski definition) is 0. The van der Waals surface area contributed by atoms with Crippen LogP contribution in [0.1, 0.15) is 26.3 Å². The Balaban J connectivity index is 2.61. The second-order valence-corrected chi connectivity index (χ2v) is 6.38. The maximum absolute atomic E-state index is 13.0. The quantitative estimate of drug-likeness (QED) is 0.643. The van der Waals surface area contributed by atoms with Crippen molar-refractivity contribution in [1.29, 1.82) is 0 Å². The molecule has 0 fully saturated rings. The Labute approximate surface area is 127 Å². The van der Waals surface area contributed by atoms with Crippen LogP contribution in [0.3, 0.4) is 0 Å². The molecule has 0 aliphatic heterocycles. The summed E-state index contributed by atoms with van der Waals surface area (Å²) in [7, 11) is 0. The van der Waals surface area contributed by atoms with Gasteiger partial charge in [-0.15, -0.1) is 0 Å². The molecule has 0 amide bonds. The average molecular weight is 364 g/mol. The summed E-state index contributed by atoms with van der Waals surface area (Å²) in [5, 5.41) is -0.0530. The third-order valence-corrected chi connectivity index (χ3v) is 3.33. The van der Waals surface area contributed by atoms with Crippen LogP contribution < -0.4 is 0 Å². The zero-order chi connectivity index (χ0) is 16.0. The number of carbonyl (C=O) groups is 1. The van der Waals surface area contributed by atoms with Gasteiger partial charge in [-0.1, -0.05) is 0 Å². The maximum Gasteiger partial charge on any atom is 0.419 e. The molecule has 3 nitrogen and oxygen atoms in total. The van der Waals surface area contributed by atoms with E-state index in [0.29, 0.717) is 4.47 Å². The van der Waals surface area contributed by atoms with E-state index in [4.69, 9.17) is 4.74 Å². The van der Waals surface area contributed by atoms with Crippen molar-refractivity contribution in [3.63, 3.8) is 0 Å². The van der Waals surface area contributed by atoms with Gasteiger partial charge in [0.05, 0.1) is 11.1 Å². The number of benzene rings is 1. The van der Waals surface area contributed by atoms with Crippen LogP contribution in [0.5, 0.6) is 0 Å². The van der Waals surface area contributed by atoms with E-state index in [1.54, 1.807) is 20.8 Å². The summed E-state index contributed by atoms with van der Waals surface area (Å²) in [5.41, 5.74) is -1.39. The Morgan fingerprint density at radius 1 is 1.19 bits per heavy atom. The van der Waals surface area contributed by atoms with Crippen molar-refractivity contribution in [3.8, 4) is 0 Å². The van der Waals surface area contributed by atoms with Crippen LogP contribution in [0.4, 0.5) is 18.0 Å². The smallest absolute Gasteiger partial charge is 0.419 e. The third-order valence-electron chi connectivity index (χ3n) is 2.69. The van der Waals surface area contributed by atoms with Crippen LogP contribution in [0.15, 0.2) is 28.9 Å². The van der Waals surface area contributed by atoms with Gasteiger partial charge in [0.2, 0.25) is 0 Å². The molecule has 0 saturated carbocycles. The Morgan fingerprint density at radius 2 is 1.81 bits per heavy atom. The molecule has 0 N–H and O–H groups in total. The van der Waals surface area contributed by atoms with Gasteiger partial charge in [-0.25, -0.2) is 4.79 Å². The average Bonchev–Trinajstić information content (AvgIpc) is 2.70. The highest BCUT2D eigenvalue weighted by Crippen LogP contribution is 2.38. The number of aromatic nitrogens is 1. The lowest BCUT2D eigenvalue weighted by atomic mass is 10.1. The van der Waals surface area contributed by atoms with Crippen molar-refractivity contribution < 1.29 is 22.7 Å². The summed E-state index contributed by atoms with van der Waals surface area (Å²) < 4.78 is 45.6. The first-order chi connectivity index (χ1) is 9.50. The minimum atomic E-state index is -4.49. The predicted molar refractivity (Wildman–Crippen MR) is 76.3 cm³/mol. The number of alkyl halides is 3. The molecule has 0 unspecified atom stereocenters. The van der Waals surface area contributed by atoms with E-state index in [1.807, 2.05) is 0 Å². The Morgan fingerprint density at radius 3 is 2.33 bits per heavy atom. The van der Waals surface area contributed by atoms with Gasteiger partial charge >= 0.3 is 12.3 Å². The highest BCUT2D eigenvalue weighted by molar-refractivity contribution is 9.10. The van der Waals surface area contributed by atoms with E-state index in [-0.39, 0.29) is 10.9 Å². The lowest BCUT2D eigenvalue weighted by molar-refractivity contribution is -0.136. The monoisotopic (exact) mass is 363 g/mol. The summed E-state index contributed by atoms with van der Waals surface area (Å²) in [6.45, 7) is 5.06. The van der Waals surface area contributed by atoms with E-state index in [0.717, 1.165) is 10.6 Å². The van der Waals surface area contributed by atoms with Crippen LogP contribution in [0.2, 0.25) is 0 Å². The lowest BCUT2D eigenvalue weighted by Crippen LogP contribution is -2.26. The fraction of sp³-hybridized carbons (Fsp3) is 0.357. The van der Waals surface area contributed by atoms with Gasteiger partial charge < -0.3 is 4.74 Å². The molecular formula is C14H13BrF3NO2. The van der Waals surface area contributed by atoms with Crippen molar-refractivity contribution in [1.82, 2.24) is 4.57 Å². The zero-order valence-corrected chi connectivity index (χ0v) is 13.2. The number of hydrogen-bond acceptors (Lipinski definition) is 2. The number of carbonyl (C=O) groups excluding carboxylic acids is 1. The van der Waals surface area contributed by atoms with E-state index in [2.05, 4.69) is 15.9 Å². The van der Waals surface area contributed by atoms with Gasteiger partial charge in [-0.2, -0.15) is 13.2 Å². The number of ether oxygens (including phenoxy) is 1. The molecule has 0 spiro atoms. The van der Waals surface area contributed by atoms with Crippen molar-refractivity contribution in [3.05, 3.63) is 34.4 Å². The van der Waals surface area contributed by atoms with E-state index in [9.17, 15) is 18.0 Å². The van der Waals surface area contributed by atoms with Crippen LogP contribution in [0.25, 0.3) is 10.9 Å². The van der Waals surface area contributed by atoms with Gasteiger partial charge in [0.1, 0.15) is 5.60 Å². The summed E-state index contributed by atoms with van der Waals surface area (Å²) >= 11 is 3.18. The second kappa shape index (κ2) is 5.05. The number of halogens is 4. The normalized spacial score (nSPS) is 12.7. The third kappa shape index (κ3) is 3.23. The molecule has 1 aromatic heterocycles. The van der Waals surface area contributed by atoms with Crippen LogP contribution in [0, 0.1) is 0 Å². The van der Waals surface area contributed by atoms with E-state index >= 15 is 0 Å². The van der Waals surface area contributed by atoms with Gasteiger partial charge in [0, 0.05) is 16.1 Å². The molecule has 0 atom stereocenters. The van der Waals surface area contributed by atoms with E-state index < -0.39 is 23.4 Å². The Hall–Kier alpha value is -1.50. The first-order valence-electron chi connectivity index (χ1n) is 6.11. The van der Waals surface area contributed by atoms with Gasteiger partial charge in [0.25, 0.3) is 0 Å². The first kappa shape index (κ1) is 15.9. The highest BCUT2D eigenvalue weighted by atomic mass is 79.9. The molecule has 0 radical (unpaired) electrons. The fourth-order valence-corrected chi connectivity index (χ4v) is 2.47. The standard InChI is InChI=1S/C14H13BrF3NO2/c1-13(2,3)21-12(20)19-7-6-8-9(14(16,17)18)4-5-10(15)11(8)19/h4-7H,1-3H3. The highest BCUT2D eigenvalue weighted by Gasteiger charge is 2.34. The molecule has 0 aliphatic rings. The van der Waals surface area contributed by atoms with Crippen LogP contribution in [-0.2, 0) is 10.9 Å². The minimum Gasteiger partial charge on any atom is -0.443 e. The van der Waals surface area contributed by atoms with Gasteiger partial charge in [-0.05, 0) is 54.9 Å². The molecule has 114 valence electrons. The maximum atomic E-state index is 13.0. The van der Waals surface area contributed by atoms with Crippen molar-refractivity contribution >= 4 is 32.9 Å². The van der Waals surface area contributed by atoms with Crippen molar-refractivity contribution in [2.24, 2.45) is 0 Å². The molecule has 2 rings (SSSR count). The minimum absolute atomic E-state index is 0.0530. The molecule has 2 aromatic rings. The SMILES string of the molecule is CC(C)(C)OC(=O)n1ccc2c(C(F)(F)F)ccc(Br)c21. The topological polar surface area (TPSA) is 31.2 Å². The van der Waals surface area contributed by atoms with Crippen LogP contribution in [-0.4, -0.2) is 16.3 Å². The summed E-state index contributed by atoms with van der Waals surface area (Å²) in [6.07, 6.45) is -3.94. The molecule has 0 saturated heterocycles. The second-order valence-electron chi connectivity index (χ2n) is 5.52. The number of rotatable bonds is 0. The van der Waals surface area contributed by atoms with Gasteiger partial charge in [-0.3, -0.25) is 4.57 Å². The molecule has 1 aromatic carbocycles. The summed E-state index contributed by atoms with van der Waals surface area (Å²) in [6, 6.07) is 3.50. The first-order valence-corrected chi connectivity index (χ1v) is 6.90. The van der Waals surface area contributed by atoms with E-state index in [1.165, 1.54) is 18.3 Å². The summed E-state index contributed by atoms with van der Waals surface area (Å²) in [5.74, 6) is 0. The largest absolute Gasteiger partial charge is 0.443 e. The Bertz CT molecular complexity index is 699. The number of nitrogens with zero attached hydrogens (tertiary/aromatic N) is 1. The van der Waals surface area contributed by atoms with Gasteiger partial charge in [0.15, 0.2) is 0 Å². The van der Waals surface area contributed by atoms with Crippen LogP contribution >= 0.6 is 15.9 Å². The molecular weight excluding hydrogens is 351 g/mol. The molecule has 1 heterocycles. The zero-order valence-electron chi connectivity index (χ0n) is 11.6. The molecule has 21 heavy (non-hydrogen) atoms. The predicted octanol–water partition coefficient (Wildman–Crippen LogP) is 5.21. The Kier molecular flexibility index (Phi) is 3.82. The van der Waals surface area contributed by atoms with Crippen molar-refractivity contribution in [2.45, 2.75) is 32.5 Å². The molecule has 7 heteroatoms. The summed E-state index contributed by atoms with van der Waals surface area (Å²) in [4.78, 5) is 12.1. The van der Waals surface area contributed by atoms with Crippen molar-refractivity contribution in [2.75, 3.05) is 0 Å². The molecule has 0 aliphatic carbocycles. The lowest BCUT2D eigenvalue weighted by Gasteiger charge is -2.20.